The van der Waals surface area contributed by atoms with Gasteiger partial charge in [0.15, 0.2) is 0 Å². The van der Waals surface area contributed by atoms with E-state index >= 15 is 0 Å². The molecule has 0 aromatic carbocycles. The summed E-state index contributed by atoms with van der Waals surface area (Å²) in [4.78, 5) is 14.3. The Bertz CT molecular complexity index is 308. The van der Waals surface area contributed by atoms with Gasteiger partial charge in [-0.1, -0.05) is 0 Å². The van der Waals surface area contributed by atoms with E-state index in [1.165, 1.54) is 20.0 Å². The molecule has 5 heteroatoms. The minimum atomic E-state index is -0.523. The number of unbranched alkanes of at least 4 members (excludes halogenated alkanes) is 1. The summed E-state index contributed by atoms with van der Waals surface area (Å²) in [6.07, 6.45) is 6.38. The molecule has 0 amide bonds. The van der Waals surface area contributed by atoms with E-state index in [4.69, 9.17) is 9.47 Å². The highest BCUT2D eigenvalue weighted by molar-refractivity contribution is 5.80. The standard InChI is InChI=1S/C16H32N2O3/c1-16(15(19)21-4,17-14-8-9-14)10-5-6-11-18(2)12-7-13-20-3/h14,17H,5-13H2,1-4H3. The highest BCUT2D eigenvalue weighted by atomic mass is 16.5. The Hall–Kier alpha value is -0.650. The van der Waals surface area contributed by atoms with Gasteiger partial charge in [0, 0.05) is 26.3 Å². The van der Waals surface area contributed by atoms with Crippen LogP contribution < -0.4 is 5.32 Å². The first-order valence-electron chi connectivity index (χ1n) is 8.05. The van der Waals surface area contributed by atoms with Gasteiger partial charge in [-0.15, -0.1) is 0 Å². The van der Waals surface area contributed by atoms with E-state index in [1.54, 1.807) is 7.11 Å². The van der Waals surface area contributed by atoms with E-state index in [2.05, 4.69) is 17.3 Å². The van der Waals surface area contributed by atoms with Crippen molar-refractivity contribution < 1.29 is 14.3 Å². The molecule has 5 nitrogen and oxygen atoms in total. The molecule has 1 aliphatic rings. The van der Waals surface area contributed by atoms with Crippen LogP contribution in [-0.4, -0.2) is 63.4 Å². The lowest BCUT2D eigenvalue weighted by atomic mass is 9.94. The van der Waals surface area contributed by atoms with E-state index < -0.39 is 5.54 Å². The first-order chi connectivity index (χ1) is 10.0. The number of carbonyl (C=O) groups is 1. The van der Waals surface area contributed by atoms with E-state index in [-0.39, 0.29) is 5.97 Å². The smallest absolute Gasteiger partial charge is 0.325 e. The zero-order valence-electron chi connectivity index (χ0n) is 14.1. The molecule has 1 unspecified atom stereocenters. The molecule has 1 aliphatic carbocycles. The fraction of sp³-hybridized carbons (Fsp3) is 0.938. The zero-order valence-corrected chi connectivity index (χ0v) is 14.1. The van der Waals surface area contributed by atoms with Crippen molar-refractivity contribution in [1.82, 2.24) is 10.2 Å². The predicted molar refractivity (Wildman–Crippen MR) is 84.4 cm³/mol. The molecule has 1 fully saturated rings. The average molecular weight is 300 g/mol. The third-order valence-electron chi connectivity index (χ3n) is 4.09. The number of esters is 1. The summed E-state index contributed by atoms with van der Waals surface area (Å²) in [5.74, 6) is -0.136. The molecule has 1 rings (SSSR count). The molecular formula is C16H32N2O3. The summed E-state index contributed by atoms with van der Waals surface area (Å²) in [7, 11) is 5.34. The summed E-state index contributed by atoms with van der Waals surface area (Å²) in [5.41, 5.74) is -0.523. The maximum absolute atomic E-state index is 12.0. The summed E-state index contributed by atoms with van der Waals surface area (Å²) in [6.45, 7) is 4.91. The largest absolute Gasteiger partial charge is 0.468 e. The summed E-state index contributed by atoms with van der Waals surface area (Å²) >= 11 is 0. The Labute approximate surface area is 129 Å². The molecule has 0 aromatic rings. The van der Waals surface area contributed by atoms with Crippen LogP contribution in [0.3, 0.4) is 0 Å². The number of methoxy groups -OCH3 is 2. The van der Waals surface area contributed by atoms with Crippen LogP contribution in [-0.2, 0) is 14.3 Å². The lowest BCUT2D eigenvalue weighted by molar-refractivity contribution is -0.148. The molecule has 0 aliphatic heterocycles. The number of nitrogens with one attached hydrogen (secondary N) is 1. The van der Waals surface area contributed by atoms with Crippen LogP contribution in [0.5, 0.6) is 0 Å². The van der Waals surface area contributed by atoms with Crippen LogP contribution in [0, 0.1) is 0 Å². The number of rotatable bonds is 12. The van der Waals surface area contributed by atoms with Gasteiger partial charge in [0.2, 0.25) is 0 Å². The minimum Gasteiger partial charge on any atom is -0.468 e. The van der Waals surface area contributed by atoms with Crippen molar-refractivity contribution in [3.63, 3.8) is 0 Å². The lowest BCUT2D eigenvalue weighted by Gasteiger charge is -2.28. The maximum Gasteiger partial charge on any atom is 0.325 e. The van der Waals surface area contributed by atoms with Crippen molar-refractivity contribution in [3.05, 3.63) is 0 Å². The van der Waals surface area contributed by atoms with E-state index in [1.807, 2.05) is 6.92 Å². The van der Waals surface area contributed by atoms with Gasteiger partial charge in [0.05, 0.1) is 7.11 Å². The van der Waals surface area contributed by atoms with Crippen LogP contribution in [0.15, 0.2) is 0 Å². The maximum atomic E-state index is 12.0. The second kappa shape index (κ2) is 9.38. The van der Waals surface area contributed by atoms with Gasteiger partial charge in [-0.05, 0) is 59.0 Å². The molecule has 0 saturated heterocycles. The fourth-order valence-corrected chi connectivity index (χ4v) is 2.59. The first-order valence-corrected chi connectivity index (χ1v) is 8.05. The van der Waals surface area contributed by atoms with E-state index in [0.717, 1.165) is 45.4 Å². The Morgan fingerprint density at radius 1 is 1.24 bits per heavy atom. The highest BCUT2D eigenvalue weighted by Crippen LogP contribution is 2.26. The summed E-state index contributed by atoms with van der Waals surface area (Å²) in [5, 5.41) is 3.44. The van der Waals surface area contributed by atoms with Gasteiger partial charge in [0.25, 0.3) is 0 Å². The van der Waals surface area contributed by atoms with Gasteiger partial charge in [-0.25, -0.2) is 0 Å². The third-order valence-corrected chi connectivity index (χ3v) is 4.09. The van der Waals surface area contributed by atoms with Gasteiger partial charge in [-0.2, -0.15) is 0 Å². The molecule has 1 N–H and O–H groups in total. The average Bonchev–Trinajstić information content (AvgIpc) is 3.26. The number of nitrogens with zero attached hydrogens (tertiary/aromatic N) is 1. The normalized spacial score (nSPS) is 17.8. The number of ether oxygens (including phenoxy) is 2. The van der Waals surface area contributed by atoms with Gasteiger partial charge < -0.3 is 14.4 Å². The highest BCUT2D eigenvalue weighted by Gasteiger charge is 2.38. The topological polar surface area (TPSA) is 50.8 Å². The lowest BCUT2D eigenvalue weighted by Crippen LogP contribution is -2.51. The van der Waals surface area contributed by atoms with Crippen LogP contribution in [0.25, 0.3) is 0 Å². The number of hydrogen-bond donors (Lipinski definition) is 1. The zero-order chi connectivity index (χ0) is 15.7. The number of hydrogen-bond acceptors (Lipinski definition) is 5. The van der Waals surface area contributed by atoms with E-state index in [9.17, 15) is 4.79 Å². The SMILES string of the molecule is COCCCN(C)CCCCC(C)(NC1CC1)C(=O)OC. The van der Waals surface area contributed by atoms with Gasteiger partial charge >= 0.3 is 5.97 Å². The summed E-state index contributed by atoms with van der Waals surface area (Å²) in [6, 6.07) is 0.505. The van der Waals surface area contributed by atoms with Crippen LogP contribution in [0.1, 0.15) is 45.4 Å². The van der Waals surface area contributed by atoms with Gasteiger partial charge in [-0.3, -0.25) is 10.1 Å². The number of carbonyl (C=O) groups excluding carboxylic acids is 1. The molecule has 1 saturated carbocycles. The van der Waals surface area contributed by atoms with Crippen molar-refractivity contribution >= 4 is 5.97 Å². The molecule has 0 radical (unpaired) electrons. The molecule has 0 heterocycles. The monoisotopic (exact) mass is 300 g/mol. The van der Waals surface area contributed by atoms with Crippen molar-refractivity contribution in [1.29, 1.82) is 0 Å². The Kier molecular flexibility index (Phi) is 8.22. The predicted octanol–water partition coefficient (Wildman–Crippen LogP) is 1.81. The molecule has 21 heavy (non-hydrogen) atoms. The molecule has 1 atom stereocenters. The molecule has 0 bridgehead atoms. The Balaban J connectivity index is 2.22. The third kappa shape index (κ3) is 7.25. The minimum absolute atomic E-state index is 0.136. The molecular weight excluding hydrogens is 268 g/mol. The van der Waals surface area contributed by atoms with Gasteiger partial charge in [0.1, 0.15) is 5.54 Å². The quantitative estimate of drug-likeness (QED) is 0.440. The van der Waals surface area contributed by atoms with Crippen molar-refractivity contribution in [2.45, 2.75) is 57.0 Å². The van der Waals surface area contributed by atoms with Crippen LogP contribution in [0.4, 0.5) is 0 Å². The Morgan fingerprint density at radius 2 is 1.90 bits per heavy atom. The van der Waals surface area contributed by atoms with Crippen molar-refractivity contribution in [3.8, 4) is 0 Å². The second-order valence-electron chi connectivity index (χ2n) is 6.35. The molecule has 0 aromatic heterocycles. The molecule has 124 valence electrons. The summed E-state index contributed by atoms with van der Waals surface area (Å²) < 4.78 is 10.0. The van der Waals surface area contributed by atoms with E-state index in [0.29, 0.717) is 6.04 Å². The molecule has 0 spiro atoms. The second-order valence-corrected chi connectivity index (χ2v) is 6.35. The first kappa shape index (κ1) is 18.4. The van der Waals surface area contributed by atoms with Crippen molar-refractivity contribution in [2.75, 3.05) is 41.0 Å². The fourth-order valence-electron chi connectivity index (χ4n) is 2.59. The Morgan fingerprint density at radius 3 is 2.48 bits per heavy atom. The van der Waals surface area contributed by atoms with Crippen molar-refractivity contribution in [2.24, 2.45) is 0 Å². The van der Waals surface area contributed by atoms with Crippen LogP contribution >= 0.6 is 0 Å². The van der Waals surface area contributed by atoms with Crippen LogP contribution in [0.2, 0.25) is 0 Å².